The number of hydrogen-bond acceptors (Lipinski definition) is 3. The van der Waals surface area contributed by atoms with Gasteiger partial charge in [-0.25, -0.2) is 0 Å². The van der Waals surface area contributed by atoms with Gasteiger partial charge in [-0.3, -0.25) is 14.3 Å². The van der Waals surface area contributed by atoms with E-state index in [4.69, 9.17) is 0 Å². The van der Waals surface area contributed by atoms with Crippen LogP contribution in [-0.2, 0) is 16.1 Å². The van der Waals surface area contributed by atoms with Gasteiger partial charge < -0.3 is 10.2 Å². The zero-order chi connectivity index (χ0) is 16.9. The molecule has 24 heavy (non-hydrogen) atoms. The quantitative estimate of drug-likeness (QED) is 0.864. The first-order valence-corrected chi connectivity index (χ1v) is 9.20. The minimum atomic E-state index is 0.0441. The third kappa shape index (κ3) is 4.16. The van der Waals surface area contributed by atoms with E-state index in [1.54, 1.807) is 6.20 Å². The fourth-order valence-electron chi connectivity index (χ4n) is 3.47. The molecule has 1 atom stereocenters. The van der Waals surface area contributed by atoms with Gasteiger partial charge in [0.05, 0.1) is 0 Å². The fourth-order valence-corrected chi connectivity index (χ4v) is 3.47. The highest BCUT2D eigenvalue weighted by atomic mass is 16.2. The second-order valence-corrected chi connectivity index (χ2v) is 7.19. The highest BCUT2D eigenvalue weighted by Gasteiger charge is 2.33. The molecule has 0 radical (unpaired) electrons. The molecule has 2 fully saturated rings. The van der Waals surface area contributed by atoms with E-state index in [2.05, 4.69) is 10.4 Å². The van der Waals surface area contributed by atoms with Gasteiger partial charge in [0, 0.05) is 49.9 Å². The van der Waals surface area contributed by atoms with Crippen LogP contribution in [0.15, 0.2) is 18.5 Å². The van der Waals surface area contributed by atoms with E-state index in [9.17, 15) is 9.59 Å². The summed E-state index contributed by atoms with van der Waals surface area (Å²) >= 11 is 0. The lowest BCUT2D eigenvalue weighted by Crippen LogP contribution is -2.47. The van der Waals surface area contributed by atoms with Gasteiger partial charge in [0.25, 0.3) is 0 Å². The number of rotatable bonds is 6. The van der Waals surface area contributed by atoms with E-state index in [0.29, 0.717) is 5.91 Å². The Kier molecular flexibility index (Phi) is 5.53. The Hall–Kier alpha value is -1.85. The highest BCUT2D eigenvalue weighted by molar-refractivity contribution is 5.81. The first-order chi connectivity index (χ1) is 11.6. The number of likely N-dealkylation sites (tertiary alicyclic amines) is 1. The number of aromatic nitrogens is 2. The topological polar surface area (TPSA) is 67.2 Å². The smallest absolute Gasteiger partial charge is 0.225 e. The molecule has 6 heteroatoms. The number of amides is 2. The molecule has 1 aromatic heterocycles. The number of piperidine rings is 1. The molecular weight excluding hydrogens is 304 g/mol. The van der Waals surface area contributed by atoms with E-state index < -0.39 is 0 Å². The fraction of sp³-hybridized carbons (Fsp3) is 0.722. The van der Waals surface area contributed by atoms with Crippen molar-refractivity contribution in [2.45, 2.75) is 58.0 Å². The van der Waals surface area contributed by atoms with Crippen molar-refractivity contribution in [3.05, 3.63) is 18.5 Å². The molecular formula is C18H28N4O2. The lowest BCUT2D eigenvalue weighted by atomic mass is 9.83. The molecule has 2 heterocycles. The van der Waals surface area contributed by atoms with Crippen LogP contribution in [0.4, 0.5) is 0 Å². The summed E-state index contributed by atoms with van der Waals surface area (Å²) in [5.74, 6) is 0.756. The molecule has 0 spiro atoms. The molecule has 1 N–H and O–H groups in total. The summed E-state index contributed by atoms with van der Waals surface area (Å²) in [4.78, 5) is 26.6. The number of aryl methyl sites for hydroxylation is 1. The van der Waals surface area contributed by atoms with Gasteiger partial charge in [-0.15, -0.1) is 0 Å². The Bertz CT molecular complexity index is 545. The standard InChI is InChI=1S/C18H28N4O2/c1-14(6-13-22-10-3-9-19-22)20-17(23)15-7-11-21(12-8-15)18(24)16-4-2-5-16/h3,9-10,14-16H,2,4-8,11-13H2,1H3,(H,20,23)/t14-/m0/s1. The molecule has 1 saturated heterocycles. The Morgan fingerprint density at radius 2 is 1.96 bits per heavy atom. The molecule has 2 amide bonds. The average molecular weight is 332 g/mol. The number of carbonyl (C=O) groups excluding carboxylic acids is 2. The molecule has 6 nitrogen and oxygen atoms in total. The maximum atomic E-state index is 12.4. The second kappa shape index (κ2) is 7.81. The maximum absolute atomic E-state index is 12.4. The van der Waals surface area contributed by atoms with Gasteiger partial charge in [0.1, 0.15) is 0 Å². The van der Waals surface area contributed by atoms with Crippen molar-refractivity contribution in [1.29, 1.82) is 0 Å². The van der Waals surface area contributed by atoms with Crippen LogP contribution in [0.5, 0.6) is 0 Å². The zero-order valence-corrected chi connectivity index (χ0v) is 14.5. The second-order valence-electron chi connectivity index (χ2n) is 7.19. The minimum absolute atomic E-state index is 0.0441. The van der Waals surface area contributed by atoms with Crippen molar-refractivity contribution < 1.29 is 9.59 Å². The summed E-state index contributed by atoms with van der Waals surface area (Å²) in [6.45, 7) is 4.31. The molecule has 0 aromatic carbocycles. The summed E-state index contributed by atoms with van der Waals surface area (Å²) < 4.78 is 1.88. The molecule has 0 unspecified atom stereocenters. The largest absolute Gasteiger partial charge is 0.353 e. The molecule has 1 saturated carbocycles. The monoisotopic (exact) mass is 332 g/mol. The average Bonchev–Trinajstić information content (AvgIpc) is 3.05. The summed E-state index contributed by atoms with van der Waals surface area (Å²) in [7, 11) is 0. The first kappa shape index (κ1) is 17.0. The van der Waals surface area contributed by atoms with E-state index in [1.165, 1.54) is 6.42 Å². The number of hydrogen-bond donors (Lipinski definition) is 1. The van der Waals surface area contributed by atoms with E-state index in [-0.39, 0.29) is 23.8 Å². The zero-order valence-electron chi connectivity index (χ0n) is 14.5. The molecule has 1 aliphatic heterocycles. The van der Waals surface area contributed by atoms with Crippen LogP contribution < -0.4 is 5.32 Å². The van der Waals surface area contributed by atoms with Crippen LogP contribution in [0.2, 0.25) is 0 Å². The SMILES string of the molecule is C[C@@H](CCn1cccn1)NC(=O)C1CCN(C(=O)C2CCC2)CC1. The Labute approximate surface area is 143 Å². The molecule has 132 valence electrons. The maximum Gasteiger partial charge on any atom is 0.225 e. The lowest BCUT2D eigenvalue weighted by Gasteiger charge is -2.36. The molecule has 0 bridgehead atoms. The number of carbonyl (C=O) groups is 2. The van der Waals surface area contributed by atoms with E-state index >= 15 is 0 Å². The Morgan fingerprint density at radius 1 is 1.21 bits per heavy atom. The van der Waals surface area contributed by atoms with Crippen molar-refractivity contribution >= 4 is 11.8 Å². The highest BCUT2D eigenvalue weighted by Crippen LogP contribution is 2.30. The molecule has 3 rings (SSSR count). The number of nitrogens with one attached hydrogen (secondary N) is 1. The van der Waals surface area contributed by atoms with Crippen LogP contribution >= 0.6 is 0 Å². The Balaban J connectivity index is 1.37. The van der Waals surface area contributed by atoms with Gasteiger partial charge in [-0.05, 0) is 45.1 Å². The summed E-state index contributed by atoms with van der Waals surface area (Å²) in [5, 5.41) is 7.29. The molecule has 1 aromatic rings. The van der Waals surface area contributed by atoms with Crippen molar-refractivity contribution in [2.24, 2.45) is 11.8 Å². The summed E-state index contributed by atoms with van der Waals surface area (Å²) in [5.41, 5.74) is 0. The number of nitrogens with zero attached hydrogens (tertiary/aromatic N) is 3. The van der Waals surface area contributed by atoms with Crippen molar-refractivity contribution in [3.63, 3.8) is 0 Å². The van der Waals surface area contributed by atoms with Gasteiger partial charge in [-0.2, -0.15) is 5.10 Å². The third-order valence-corrected chi connectivity index (χ3v) is 5.37. The van der Waals surface area contributed by atoms with Crippen LogP contribution in [0, 0.1) is 11.8 Å². The lowest BCUT2D eigenvalue weighted by molar-refractivity contribution is -0.141. The predicted molar refractivity (Wildman–Crippen MR) is 91.1 cm³/mol. The van der Waals surface area contributed by atoms with Gasteiger partial charge in [0.2, 0.25) is 11.8 Å². The van der Waals surface area contributed by atoms with Gasteiger partial charge in [-0.1, -0.05) is 6.42 Å². The molecule has 2 aliphatic rings. The van der Waals surface area contributed by atoms with Crippen LogP contribution in [0.25, 0.3) is 0 Å². The van der Waals surface area contributed by atoms with E-state index in [0.717, 1.165) is 51.7 Å². The van der Waals surface area contributed by atoms with Crippen LogP contribution in [0.1, 0.15) is 45.4 Å². The van der Waals surface area contributed by atoms with Crippen molar-refractivity contribution in [1.82, 2.24) is 20.0 Å². The van der Waals surface area contributed by atoms with Crippen molar-refractivity contribution in [3.8, 4) is 0 Å². The minimum Gasteiger partial charge on any atom is -0.353 e. The third-order valence-electron chi connectivity index (χ3n) is 5.37. The summed E-state index contributed by atoms with van der Waals surface area (Å²) in [6.07, 6.45) is 9.43. The molecule has 1 aliphatic carbocycles. The van der Waals surface area contributed by atoms with Crippen LogP contribution in [0.3, 0.4) is 0 Å². The van der Waals surface area contributed by atoms with E-state index in [1.807, 2.05) is 28.8 Å². The first-order valence-electron chi connectivity index (χ1n) is 9.20. The van der Waals surface area contributed by atoms with Gasteiger partial charge >= 0.3 is 0 Å². The summed E-state index contributed by atoms with van der Waals surface area (Å²) in [6, 6.07) is 2.04. The Morgan fingerprint density at radius 3 is 2.54 bits per heavy atom. The van der Waals surface area contributed by atoms with Crippen LogP contribution in [-0.4, -0.2) is 45.6 Å². The predicted octanol–water partition coefficient (Wildman–Crippen LogP) is 1.82. The normalized spacial score (nSPS) is 20.5. The van der Waals surface area contributed by atoms with Crippen molar-refractivity contribution in [2.75, 3.05) is 13.1 Å². The van der Waals surface area contributed by atoms with Gasteiger partial charge in [0.15, 0.2) is 0 Å².